The minimum Gasteiger partial charge on any atom is -0.327 e. The van der Waals surface area contributed by atoms with Crippen molar-refractivity contribution in [2.75, 3.05) is 0 Å². The highest BCUT2D eigenvalue weighted by Gasteiger charge is 2.15. The molecule has 0 aliphatic carbocycles. The zero-order valence-corrected chi connectivity index (χ0v) is 13.5. The summed E-state index contributed by atoms with van der Waals surface area (Å²) < 4.78 is 2.30. The summed E-state index contributed by atoms with van der Waals surface area (Å²) in [6.07, 6.45) is 0. The Morgan fingerprint density at radius 1 is 1.09 bits per heavy atom. The Morgan fingerprint density at radius 3 is 2.59 bits per heavy atom. The van der Waals surface area contributed by atoms with Crippen LogP contribution in [0.25, 0.3) is 11.0 Å². The second-order valence-electron chi connectivity index (χ2n) is 5.73. The first kappa shape index (κ1) is 14.8. The van der Waals surface area contributed by atoms with Crippen LogP contribution in [0.1, 0.15) is 36.8 Å². The van der Waals surface area contributed by atoms with Crippen LogP contribution in [0, 0.1) is 6.92 Å². The highest BCUT2D eigenvalue weighted by molar-refractivity contribution is 5.76. The lowest BCUT2D eigenvalue weighted by Gasteiger charge is -2.16. The molecule has 22 heavy (non-hydrogen) atoms. The molecule has 0 aliphatic rings. The summed E-state index contributed by atoms with van der Waals surface area (Å²) >= 11 is 0. The largest absolute Gasteiger partial charge is 0.327 e. The van der Waals surface area contributed by atoms with Crippen molar-refractivity contribution in [2.45, 2.75) is 39.9 Å². The maximum Gasteiger partial charge on any atom is 0.126 e. The molecule has 0 bridgehead atoms. The van der Waals surface area contributed by atoms with E-state index in [9.17, 15) is 0 Å². The number of hydrogen-bond donors (Lipinski definition) is 1. The fourth-order valence-electron chi connectivity index (χ4n) is 2.92. The van der Waals surface area contributed by atoms with Crippen molar-refractivity contribution in [2.24, 2.45) is 0 Å². The highest BCUT2D eigenvalue weighted by atomic mass is 15.1. The fourth-order valence-corrected chi connectivity index (χ4v) is 2.92. The van der Waals surface area contributed by atoms with Crippen molar-refractivity contribution in [1.82, 2.24) is 14.9 Å². The number of nitrogens with one attached hydrogen (secondary N) is 1. The number of imidazole rings is 1. The summed E-state index contributed by atoms with van der Waals surface area (Å²) in [5.74, 6) is 1.11. The summed E-state index contributed by atoms with van der Waals surface area (Å²) in [5, 5.41) is 3.61. The predicted octanol–water partition coefficient (Wildman–Crippen LogP) is 4.22. The third kappa shape index (κ3) is 2.77. The minimum atomic E-state index is 0.215. The van der Waals surface area contributed by atoms with Crippen LogP contribution in [0.3, 0.4) is 0 Å². The molecule has 2 aromatic carbocycles. The van der Waals surface area contributed by atoms with Crippen molar-refractivity contribution in [3.8, 4) is 0 Å². The molecule has 0 amide bonds. The highest BCUT2D eigenvalue weighted by Crippen LogP contribution is 2.21. The van der Waals surface area contributed by atoms with Crippen LogP contribution >= 0.6 is 0 Å². The summed E-state index contributed by atoms with van der Waals surface area (Å²) in [6, 6.07) is 17.1. The molecule has 3 aromatic rings. The van der Waals surface area contributed by atoms with Crippen LogP contribution in [0.2, 0.25) is 0 Å². The van der Waals surface area contributed by atoms with E-state index in [2.05, 4.69) is 73.1 Å². The quantitative estimate of drug-likeness (QED) is 0.763. The van der Waals surface area contributed by atoms with Crippen molar-refractivity contribution >= 4 is 11.0 Å². The average Bonchev–Trinajstić information content (AvgIpc) is 2.92. The van der Waals surface area contributed by atoms with Crippen LogP contribution in [0.15, 0.2) is 48.5 Å². The molecule has 3 nitrogen and oxygen atoms in total. The number of para-hydroxylation sites is 2. The van der Waals surface area contributed by atoms with Gasteiger partial charge in [-0.15, -0.1) is 0 Å². The molecule has 0 spiro atoms. The maximum atomic E-state index is 4.82. The lowest BCUT2D eigenvalue weighted by Crippen LogP contribution is -2.22. The Hall–Kier alpha value is -2.13. The van der Waals surface area contributed by atoms with E-state index in [1.807, 2.05) is 6.07 Å². The third-order valence-corrected chi connectivity index (χ3v) is 4.25. The molecule has 0 saturated carbocycles. The summed E-state index contributed by atoms with van der Waals surface area (Å²) in [5.41, 5.74) is 4.95. The van der Waals surface area contributed by atoms with E-state index in [-0.39, 0.29) is 6.04 Å². The van der Waals surface area contributed by atoms with Crippen LogP contribution in [-0.2, 0) is 13.1 Å². The molecule has 1 heterocycles. The van der Waals surface area contributed by atoms with Gasteiger partial charge < -0.3 is 9.88 Å². The molecule has 0 saturated heterocycles. The van der Waals surface area contributed by atoms with E-state index in [1.165, 1.54) is 16.6 Å². The number of nitrogens with zero attached hydrogens (tertiary/aromatic N) is 2. The molecule has 3 heteroatoms. The van der Waals surface area contributed by atoms with E-state index in [1.54, 1.807) is 0 Å². The smallest absolute Gasteiger partial charge is 0.126 e. The molecule has 1 aromatic heterocycles. The van der Waals surface area contributed by atoms with Gasteiger partial charge in [0.25, 0.3) is 0 Å². The van der Waals surface area contributed by atoms with E-state index < -0.39 is 0 Å². The van der Waals surface area contributed by atoms with Gasteiger partial charge in [0.05, 0.1) is 17.1 Å². The first-order valence-electron chi connectivity index (χ1n) is 7.93. The van der Waals surface area contributed by atoms with E-state index >= 15 is 0 Å². The van der Waals surface area contributed by atoms with E-state index in [4.69, 9.17) is 4.98 Å². The molecule has 0 fully saturated rings. The van der Waals surface area contributed by atoms with Gasteiger partial charge in [-0.2, -0.15) is 0 Å². The summed E-state index contributed by atoms with van der Waals surface area (Å²) in [6.45, 7) is 8.31. The van der Waals surface area contributed by atoms with E-state index in [0.717, 1.165) is 24.4 Å². The van der Waals surface area contributed by atoms with Crippen molar-refractivity contribution < 1.29 is 0 Å². The van der Waals surface area contributed by atoms with Gasteiger partial charge in [0.15, 0.2) is 0 Å². The number of hydrogen-bond acceptors (Lipinski definition) is 2. The summed E-state index contributed by atoms with van der Waals surface area (Å²) in [7, 11) is 0. The van der Waals surface area contributed by atoms with Gasteiger partial charge in [-0.1, -0.05) is 36.4 Å². The molecule has 114 valence electrons. The molecule has 1 atom stereocenters. The maximum absolute atomic E-state index is 4.82. The lowest BCUT2D eigenvalue weighted by atomic mass is 10.1. The second-order valence-corrected chi connectivity index (χ2v) is 5.73. The van der Waals surface area contributed by atoms with Crippen LogP contribution < -0.4 is 5.32 Å². The Labute approximate surface area is 132 Å². The Bertz CT molecular complexity index is 773. The topological polar surface area (TPSA) is 29.9 Å². The van der Waals surface area contributed by atoms with Gasteiger partial charge >= 0.3 is 0 Å². The molecule has 1 N–H and O–H groups in total. The molecule has 1 unspecified atom stereocenters. The average molecular weight is 293 g/mol. The molecule has 0 radical (unpaired) electrons. The number of rotatable bonds is 5. The van der Waals surface area contributed by atoms with Crippen LogP contribution in [-0.4, -0.2) is 9.55 Å². The molecule has 3 rings (SSSR count). The second kappa shape index (κ2) is 6.32. The van der Waals surface area contributed by atoms with Crippen LogP contribution in [0.4, 0.5) is 0 Å². The SMILES string of the molecule is CCn1c(C(C)NCc2ccccc2C)nc2ccccc21. The van der Waals surface area contributed by atoms with Crippen LogP contribution in [0.5, 0.6) is 0 Å². The number of aryl methyl sites for hydroxylation is 2. The predicted molar refractivity (Wildman–Crippen MR) is 91.8 cm³/mol. The van der Waals surface area contributed by atoms with Gasteiger partial charge in [0, 0.05) is 13.1 Å². The molecular weight excluding hydrogens is 270 g/mol. The van der Waals surface area contributed by atoms with E-state index in [0.29, 0.717) is 0 Å². The lowest BCUT2D eigenvalue weighted by molar-refractivity contribution is 0.521. The number of fused-ring (bicyclic) bond motifs is 1. The van der Waals surface area contributed by atoms with Gasteiger partial charge in [-0.3, -0.25) is 0 Å². The number of benzene rings is 2. The first-order valence-corrected chi connectivity index (χ1v) is 7.93. The first-order chi connectivity index (χ1) is 10.7. The van der Waals surface area contributed by atoms with Gasteiger partial charge in [-0.25, -0.2) is 4.98 Å². The van der Waals surface area contributed by atoms with Crippen molar-refractivity contribution in [3.05, 3.63) is 65.5 Å². The Balaban J connectivity index is 1.83. The Morgan fingerprint density at radius 2 is 1.82 bits per heavy atom. The number of aromatic nitrogens is 2. The monoisotopic (exact) mass is 293 g/mol. The van der Waals surface area contributed by atoms with Crippen molar-refractivity contribution in [3.63, 3.8) is 0 Å². The fraction of sp³-hybridized carbons (Fsp3) is 0.316. The van der Waals surface area contributed by atoms with Crippen molar-refractivity contribution in [1.29, 1.82) is 0 Å². The molecule has 0 aliphatic heterocycles. The zero-order valence-electron chi connectivity index (χ0n) is 13.5. The standard InChI is InChI=1S/C19H23N3/c1-4-22-18-12-8-7-11-17(18)21-19(22)15(3)20-13-16-10-6-5-9-14(16)2/h5-12,15,20H,4,13H2,1-3H3. The zero-order chi connectivity index (χ0) is 15.5. The Kier molecular flexibility index (Phi) is 4.25. The van der Waals surface area contributed by atoms with Gasteiger partial charge in [-0.05, 0) is 44.0 Å². The minimum absolute atomic E-state index is 0.215. The normalized spacial score (nSPS) is 12.7. The molecular formula is C19H23N3. The third-order valence-electron chi connectivity index (χ3n) is 4.25. The van der Waals surface area contributed by atoms with Gasteiger partial charge in [0.1, 0.15) is 5.82 Å². The van der Waals surface area contributed by atoms with Gasteiger partial charge in [0.2, 0.25) is 0 Å². The summed E-state index contributed by atoms with van der Waals surface area (Å²) in [4.78, 5) is 4.82.